The van der Waals surface area contributed by atoms with Crippen LogP contribution in [-0.2, 0) is 20.7 Å². The van der Waals surface area contributed by atoms with Crippen LogP contribution in [0.4, 0.5) is 5.69 Å². The lowest BCUT2D eigenvalue weighted by Crippen LogP contribution is -2.30. The van der Waals surface area contributed by atoms with Crippen LogP contribution in [0.15, 0.2) is 40.1 Å². The van der Waals surface area contributed by atoms with Crippen LogP contribution in [0.3, 0.4) is 0 Å². The summed E-state index contributed by atoms with van der Waals surface area (Å²) in [4.78, 5) is 30.0. The Hall–Kier alpha value is -3.33. The fourth-order valence-electron chi connectivity index (χ4n) is 2.67. The molecule has 1 unspecified atom stereocenters. The summed E-state index contributed by atoms with van der Waals surface area (Å²) in [5, 5.41) is 4.60. The van der Waals surface area contributed by atoms with Crippen molar-refractivity contribution < 1.29 is 28.2 Å². The highest BCUT2D eigenvalue weighted by Gasteiger charge is 2.22. The van der Waals surface area contributed by atoms with Gasteiger partial charge in [0.15, 0.2) is 6.10 Å². The van der Waals surface area contributed by atoms with Gasteiger partial charge in [0, 0.05) is 6.07 Å². The van der Waals surface area contributed by atoms with Crippen molar-refractivity contribution in [1.82, 2.24) is 4.98 Å². The molecular weight excluding hydrogens is 408 g/mol. The summed E-state index contributed by atoms with van der Waals surface area (Å²) in [6, 6.07) is 8.78. The smallest absolute Gasteiger partial charge is 0.312 e. The van der Waals surface area contributed by atoms with E-state index in [1.807, 2.05) is 17.5 Å². The highest BCUT2D eigenvalue weighted by molar-refractivity contribution is 7.13. The van der Waals surface area contributed by atoms with Crippen LogP contribution in [0.2, 0.25) is 0 Å². The van der Waals surface area contributed by atoms with Gasteiger partial charge < -0.3 is 23.9 Å². The minimum absolute atomic E-state index is 0.0964. The van der Waals surface area contributed by atoms with Gasteiger partial charge in [-0.15, -0.1) is 11.3 Å². The second-order valence-corrected chi connectivity index (χ2v) is 7.31. The molecule has 3 aromatic rings. The van der Waals surface area contributed by atoms with E-state index in [1.54, 1.807) is 25.1 Å². The van der Waals surface area contributed by atoms with Crippen molar-refractivity contribution in [3.05, 3.63) is 47.2 Å². The molecule has 2 aromatic heterocycles. The van der Waals surface area contributed by atoms with Gasteiger partial charge in [-0.3, -0.25) is 9.59 Å². The van der Waals surface area contributed by atoms with Crippen molar-refractivity contribution in [2.45, 2.75) is 26.4 Å². The Morgan fingerprint density at radius 1 is 1.23 bits per heavy atom. The highest BCUT2D eigenvalue weighted by atomic mass is 32.1. The van der Waals surface area contributed by atoms with Crippen LogP contribution in [0.1, 0.15) is 18.4 Å². The van der Waals surface area contributed by atoms with Crippen LogP contribution < -0.4 is 14.8 Å². The Morgan fingerprint density at radius 3 is 2.70 bits per heavy atom. The zero-order valence-corrected chi connectivity index (χ0v) is 17.9. The predicted octanol–water partition coefficient (Wildman–Crippen LogP) is 3.84. The topological polar surface area (TPSA) is 99.9 Å². The highest BCUT2D eigenvalue weighted by Crippen LogP contribution is 2.29. The van der Waals surface area contributed by atoms with E-state index in [0.29, 0.717) is 34.5 Å². The van der Waals surface area contributed by atoms with Gasteiger partial charge in [-0.05, 0) is 37.4 Å². The van der Waals surface area contributed by atoms with E-state index in [1.165, 1.54) is 32.5 Å². The van der Waals surface area contributed by atoms with Crippen molar-refractivity contribution in [3.63, 3.8) is 0 Å². The molecule has 1 atom stereocenters. The summed E-state index contributed by atoms with van der Waals surface area (Å²) in [5.41, 5.74) is 0.892. The van der Waals surface area contributed by atoms with Gasteiger partial charge in [0.2, 0.25) is 5.89 Å². The molecule has 0 bridgehead atoms. The second kappa shape index (κ2) is 9.45. The Kier molecular flexibility index (Phi) is 6.73. The molecule has 0 fully saturated rings. The number of benzene rings is 1. The third-order valence-corrected chi connectivity index (χ3v) is 5.14. The molecule has 2 heterocycles. The number of amides is 1. The quantitative estimate of drug-likeness (QED) is 0.542. The maximum Gasteiger partial charge on any atom is 0.312 e. The van der Waals surface area contributed by atoms with Crippen LogP contribution in [0.25, 0.3) is 10.8 Å². The van der Waals surface area contributed by atoms with E-state index >= 15 is 0 Å². The summed E-state index contributed by atoms with van der Waals surface area (Å²) in [5.74, 6) is 0.936. The number of thiophene rings is 1. The number of carbonyl (C=O) groups excluding carboxylic acids is 2. The molecule has 30 heavy (non-hydrogen) atoms. The number of methoxy groups -OCH3 is 2. The Morgan fingerprint density at radius 2 is 2.03 bits per heavy atom. The first-order valence-corrected chi connectivity index (χ1v) is 10.0. The number of esters is 1. The van der Waals surface area contributed by atoms with Gasteiger partial charge in [0.05, 0.1) is 36.9 Å². The Bertz CT molecular complexity index is 1030. The number of anilines is 1. The molecule has 158 valence electrons. The number of nitrogens with zero attached hydrogens (tertiary/aromatic N) is 1. The SMILES string of the molecule is COc1ccc(OC)c(NC(=O)C(C)OC(=O)Cc2nc(-c3cccs3)oc2C)c1. The Labute approximate surface area is 177 Å². The molecule has 0 saturated carbocycles. The zero-order chi connectivity index (χ0) is 21.7. The van der Waals surface area contributed by atoms with Crippen molar-refractivity contribution >= 4 is 28.9 Å². The molecular formula is C21H22N2O6S. The van der Waals surface area contributed by atoms with E-state index in [2.05, 4.69) is 10.3 Å². The van der Waals surface area contributed by atoms with E-state index < -0.39 is 18.0 Å². The lowest BCUT2D eigenvalue weighted by molar-refractivity contribution is -0.152. The molecule has 9 heteroatoms. The number of carbonyl (C=O) groups is 2. The monoisotopic (exact) mass is 430 g/mol. The van der Waals surface area contributed by atoms with Crippen molar-refractivity contribution in [1.29, 1.82) is 0 Å². The lowest BCUT2D eigenvalue weighted by Gasteiger charge is -2.15. The molecule has 0 radical (unpaired) electrons. The number of hydrogen-bond acceptors (Lipinski definition) is 8. The van der Waals surface area contributed by atoms with E-state index in [4.69, 9.17) is 18.6 Å². The van der Waals surface area contributed by atoms with Crippen molar-refractivity contribution in [2.75, 3.05) is 19.5 Å². The van der Waals surface area contributed by atoms with Gasteiger partial charge in [0.25, 0.3) is 5.91 Å². The molecule has 0 aliphatic heterocycles. The standard InChI is InChI=1S/C21H22N2O6S/c1-12-15(23-21(29-12)18-6-5-9-30-18)11-19(24)28-13(2)20(25)22-16-10-14(26-3)7-8-17(16)27-4/h5-10,13H,11H2,1-4H3,(H,22,25). The van der Waals surface area contributed by atoms with Gasteiger partial charge >= 0.3 is 5.97 Å². The average molecular weight is 430 g/mol. The summed E-state index contributed by atoms with van der Waals surface area (Å²) in [6.07, 6.45) is -1.11. The third-order valence-electron chi connectivity index (χ3n) is 4.28. The third kappa shape index (κ3) is 4.98. The van der Waals surface area contributed by atoms with Crippen molar-refractivity contribution in [3.8, 4) is 22.3 Å². The number of oxazole rings is 1. The molecule has 0 saturated heterocycles. The lowest BCUT2D eigenvalue weighted by atomic mass is 10.2. The molecule has 1 N–H and O–H groups in total. The van der Waals surface area contributed by atoms with E-state index in [0.717, 1.165) is 4.88 Å². The number of ether oxygens (including phenoxy) is 3. The summed E-state index contributed by atoms with van der Waals surface area (Å²) >= 11 is 1.49. The number of nitrogens with one attached hydrogen (secondary N) is 1. The van der Waals surface area contributed by atoms with Crippen LogP contribution >= 0.6 is 11.3 Å². The minimum atomic E-state index is -1.02. The van der Waals surface area contributed by atoms with Crippen LogP contribution in [0, 0.1) is 6.92 Å². The van der Waals surface area contributed by atoms with E-state index in [9.17, 15) is 9.59 Å². The summed E-state index contributed by atoms with van der Waals surface area (Å²) < 4.78 is 21.3. The maximum absolute atomic E-state index is 12.5. The van der Waals surface area contributed by atoms with Gasteiger partial charge in [-0.2, -0.15) is 0 Å². The normalized spacial score (nSPS) is 11.6. The largest absolute Gasteiger partial charge is 0.497 e. The molecule has 0 aliphatic carbocycles. The predicted molar refractivity (Wildman–Crippen MR) is 112 cm³/mol. The fourth-order valence-corrected chi connectivity index (χ4v) is 3.32. The molecule has 1 amide bonds. The molecule has 0 aliphatic rings. The number of rotatable bonds is 8. The van der Waals surface area contributed by atoms with Crippen molar-refractivity contribution in [2.24, 2.45) is 0 Å². The Balaban J connectivity index is 1.61. The van der Waals surface area contributed by atoms with Gasteiger partial charge in [-0.25, -0.2) is 4.98 Å². The first kappa shape index (κ1) is 21.4. The summed E-state index contributed by atoms with van der Waals surface area (Å²) in [7, 11) is 3.01. The first-order valence-electron chi connectivity index (χ1n) is 9.13. The van der Waals surface area contributed by atoms with Gasteiger partial charge in [0.1, 0.15) is 17.3 Å². The molecule has 3 rings (SSSR count). The maximum atomic E-state index is 12.5. The van der Waals surface area contributed by atoms with Crippen LogP contribution in [-0.4, -0.2) is 37.2 Å². The molecule has 8 nitrogen and oxygen atoms in total. The van der Waals surface area contributed by atoms with Gasteiger partial charge in [-0.1, -0.05) is 6.07 Å². The number of aromatic nitrogens is 1. The number of hydrogen-bond donors (Lipinski definition) is 1. The fraction of sp³-hybridized carbons (Fsp3) is 0.286. The summed E-state index contributed by atoms with van der Waals surface area (Å²) in [6.45, 7) is 3.23. The average Bonchev–Trinajstić information content (AvgIpc) is 3.38. The second-order valence-electron chi connectivity index (χ2n) is 6.36. The molecule has 1 aromatic carbocycles. The zero-order valence-electron chi connectivity index (χ0n) is 17.1. The molecule has 0 spiro atoms. The van der Waals surface area contributed by atoms with Crippen LogP contribution in [0.5, 0.6) is 11.5 Å². The minimum Gasteiger partial charge on any atom is -0.497 e. The first-order chi connectivity index (χ1) is 14.4. The van der Waals surface area contributed by atoms with E-state index in [-0.39, 0.29) is 6.42 Å². The number of aryl methyl sites for hydroxylation is 1.